The van der Waals surface area contributed by atoms with Gasteiger partial charge in [0.2, 0.25) is 0 Å². The predicted molar refractivity (Wildman–Crippen MR) is 109 cm³/mol. The van der Waals surface area contributed by atoms with Gasteiger partial charge in [0.05, 0.1) is 11.0 Å². The lowest BCUT2D eigenvalue weighted by molar-refractivity contribution is 0.121. The molecule has 0 saturated carbocycles. The molecule has 5 nitrogen and oxygen atoms in total. The third kappa shape index (κ3) is 3.63. The Morgan fingerprint density at radius 2 is 1.74 bits per heavy atom. The van der Waals surface area contributed by atoms with Crippen molar-refractivity contribution in [3.63, 3.8) is 0 Å². The Kier molecular flexibility index (Phi) is 4.76. The summed E-state index contributed by atoms with van der Waals surface area (Å²) in [6, 6.07) is 20.3. The normalized spacial score (nSPS) is 17.4. The van der Waals surface area contributed by atoms with E-state index in [-0.39, 0.29) is 11.0 Å². The van der Waals surface area contributed by atoms with Crippen molar-refractivity contribution in [1.29, 1.82) is 0 Å². The fourth-order valence-electron chi connectivity index (χ4n) is 3.54. The summed E-state index contributed by atoms with van der Waals surface area (Å²) in [6.45, 7) is 1.80. The maximum absolute atomic E-state index is 12.9. The second kappa shape index (κ2) is 7.21. The SMILES string of the molecule is CO[C@@H]1CCN(c2ccc(NS(=O)(=O)c3cccc4ccccc34)cc2)C1. The highest BCUT2D eigenvalue weighted by Gasteiger charge is 2.22. The van der Waals surface area contributed by atoms with E-state index in [1.54, 1.807) is 31.4 Å². The molecule has 1 heterocycles. The first kappa shape index (κ1) is 17.8. The molecule has 0 aromatic heterocycles. The minimum Gasteiger partial charge on any atom is -0.380 e. The highest BCUT2D eigenvalue weighted by Crippen LogP contribution is 2.27. The van der Waals surface area contributed by atoms with Gasteiger partial charge in [0.15, 0.2) is 0 Å². The van der Waals surface area contributed by atoms with E-state index in [1.807, 2.05) is 42.5 Å². The molecule has 0 amide bonds. The molecule has 4 rings (SSSR count). The summed E-state index contributed by atoms with van der Waals surface area (Å²) in [4.78, 5) is 2.53. The van der Waals surface area contributed by atoms with Crippen LogP contribution in [0.4, 0.5) is 11.4 Å². The van der Waals surface area contributed by atoms with Crippen LogP contribution in [0.15, 0.2) is 71.6 Å². The molecule has 0 bridgehead atoms. The molecule has 3 aromatic rings. The smallest absolute Gasteiger partial charge is 0.262 e. The van der Waals surface area contributed by atoms with Gasteiger partial charge in [-0.15, -0.1) is 0 Å². The number of hydrogen-bond donors (Lipinski definition) is 1. The summed E-state index contributed by atoms with van der Waals surface area (Å²) in [5.74, 6) is 0. The highest BCUT2D eigenvalue weighted by molar-refractivity contribution is 7.93. The third-order valence-electron chi connectivity index (χ3n) is 5.00. The highest BCUT2D eigenvalue weighted by atomic mass is 32.2. The number of rotatable bonds is 5. The van der Waals surface area contributed by atoms with Crippen LogP contribution in [0.5, 0.6) is 0 Å². The van der Waals surface area contributed by atoms with Gasteiger partial charge in [0.25, 0.3) is 10.0 Å². The molecule has 1 saturated heterocycles. The average molecular weight is 382 g/mol. The number of nitrogens with one attached hydrogen (secondary N) is 1. The zero-order valence-corrected chi connectivity index (χ0v) is 15.9. The van der Waals surface area contributed by atoms with Crippen molar-refractivity contribution in [3.8, 4) is 0 Å². The molecule has 1 aliphatic rings. The molecular weight excluding hydrogens is 360 g/mol. The first-order valence-corrected chi connectivity index (χ1v) is 10.4. The Morgan fingerprint density at radius 1 is 1.00 bits per heavy atom. The molecule has 0 aliphatic carbocycles. The maximum Gasteiger partial charge on any atom is 0.262 e. The van der Waals surface area contributed by atoms with E-state index < -0.39 is 10.0 Å². The Labute approximate surface area is 159 Å². The number of fused-ring (bicyclic) bond motifs is 1. The molecule has 0 spiro atoms. The largest absolute Gasteiger partial charge is 0.380 e. The van der Waals surface area contributed by atoms with Crippen molar-refractivity contribution in [2.24, 2.45) is 0 Å². The zero-order chi connectivity index (χ0) is 18.9. The van der Waals surface area contributed by atoms with Crippen molar-refractivity contribution in [2.45, 2.75) is 17.4 Å². The number of methoxy groups -OCH3 is 1. The number of sulfonamides is 1. The van der Waals surface area contributed by atoms with Crippen LogP contribution < -0.4 is 9.62 Å². The summed E-state index contributed by atoms with van der Waals surface area (Å²) >= 11 is 0. The third-order valence-corrected chi connectivity index (χ3v) is 6.44. The summed E-state index contributed by atoms with van der Waals surface area (Å²) in [5.41, 5.74) is 1.62. The van der Waals surface area contributed by atoms with E-state index in [1.165, 1.54) is 0 Å². The van der Waals surface area contributed by atoms with E-state index in [4.69, 9.17) is 4.74 Å². The molecule has 6 heteroatoms. The summed E-state index contributed by atoms with van der Waals surface area (Å²) in [7, 11) is -1.93. The summed E-state index contributed by atoms with van der Waals surface area (Å²) in [6.07, 6.45) is 1.26. The minimum absolute atomic E-state index is 0.259. The average Bonchev–Trinajstić information content (AvgIpc) is 3.17. The predicted octanol–water partition coefficient (Wildman–Crippen LogP) is 3.87. The lowest BCUT2D eigenvalue weighted by Crippen LogP contribution is -2.22. The molecule has 1 fully saturated rings. The first-order valence-electron chi connectivity index (χ1n) is 8.95. The van der Waals surface area contributed by atoms with Gasteiger partial charge < -0.3 is 9.64 Å². The Balaban J connectivity index is 1.56. The fraction of sp³-hybridized carbons (Fsp3) is 0.238. The first-order chi connectivity index (χ1) is 13.1. The molecule has 0 radical (unpaired) electrons. The van der Waals surface area contributed by atoms with Gasteiger partial charge in [-0.05, 0) is 42.1 Å². The Morgan fingerprint density at radius 3 is 2.48 bits per heavy atom. The van der Waals surface area contributed by atoms with Gasteiger partial charge in [0.1, 0.15) is 0 Å². The zero-order valence-electron chi connectivity index (χ0n) is 15.1. The lowest BCUT2D eigenvalue weighted by Gasteiger charge is -2.19. The number of anilines is 2. The molecule has 140 valence electrons. The van der Waals surface area contributed by atoms with E-state index in [0.29, 0.717) is 11.1 Å². The van der Waals surface area contributed by atoms with Crippen LogP contribution in [-0.4, -0.2) is 34.7 Å². The van der Waals surface area contributed by atoms with E-state index >= 15 is 0 Å². The van der Waals surface area contributed by atoms with E-state index in [2.05, 4.69) is 9.62 Å². The molecular formula is C21H22N2O3S. The van der Waals surface area contributed by atoms with Crippen LogP contribution in [0.1, 0.15) is 6.42 Å². The molecule has 3 aromatic carbocycles. The van der Waals surface area contributed by atoms with Crippen LogP contribution in [0.3, 0.4) is 0 Å². The Hall–Kier alpha value is -2.57. The van der Waals surface area contributed by atoms with Crippen LogP contribution in [0.2, 0.25) is 0 Å². The van der Waals surface area contributed by atoms with E-state index in [0.717, 1.165) is 30.6 Å². The van der Waals surface area contributed by atoms with E-state index in [9.17, 15) is 8.42 Å². The molecule has 1 atom stereocenters. The quantitative estimate of drug-likeness (QED) is 0.728. The Bertz CT molecular complexity index is 1040. The van der Waals surface area contributed by atoms with Gasteiger partial charge >= 0.3 is 0 Å². The van der Waals surface area contributed by atoms with Gasteiger partial charge in [0, 0.05) is 37.0 Å². The molecule has 1 N–H and O–H groups in total. The minimum atomic E-state index is -3.67. The number of nitrogens with zero attached hydrogens (tertiary/aromatic N) is 1. The van der Waals surface area contributed by atoms with Gasteiger partial charge in [-0.25, -0.2) is 8.42 Å². The van der Waals surface area contributed by atoms with Crippen molar-refractivity contribution in [3.05, 3.63) is 66.7 Å². The van der Waals surface area contributed by atoms with Crippen LogP contribution in [-0.2, 0) is 14.8 Å². The molecule has 0 unspecified atom stereocenters. The van der Waals surface area contributed by atoms with Crippen molar-refractivity contribution in [1.82, 2.24) is 0 Å². The monoisotopic (exact) mass is 382 g/mol. The van der Waals surface area contributed by atoms with Gasteiger partial charge in [-0.1, -0.05) is 36.4 Å². The summed E-state index contributed by atoms with van der Waals surface area (Å²) < 4.78 is 33.9. The fourth-order valence-corrected chi connectivity index (χ4v) is 4.83. The van der Waals surface area contributed by atoms with Gasteiger partial charge in [-0.3, -0.25) is 4.72 Å². The van der Waals surface area contributed by atoms with Crippen molar-refractivity contribution < 1.29 is 13.2 Å². The summed E-state index contributed by atoms with van der Waals surface area (Å²) in [5, 5.41) is 1.62. The topological polar surface area (TPSA) is 58.6 Å². The van der Waals surface area contributed by atoms with Crippen LogP contribution in [0.25, 0.3) is 10.8 Å². The van der Waals surface area contributed by atoms with Crippen molar-refractivity contribution in [2.75, 3.05) is 29.8 Å². The van der Waals surface area contributed by atoms with Gasteiger partial charge in [-0.2, -0.15) is 0 Å². The molecule has 27 heavy (non-hydrogen) atoms. The van der Waals surface area contributed by atoms with Crippen molar-refractivity contribution >= 4 is 32.2 Å². The van der Waals surface area contributed by atoms with Crippen LogP contribution >= 0.6 is 0 Å². The second-order valence-corrected chi connectivity index (χ2v) is 8.37. The molecule has 1 aliphatic heterocycles. The number of benzene rings is 3. The van der Waals surface area contributed by atoms with Crippen LogP contribution in [0, 0.1) is 0 Å². The maximum atomic E-state index is 12.9. The number of ether oxygens (including phenoxy) is 1. The standard InChI is InChI=1S/C21H22N2O3S/c1-26-19-13-14-23(15-19)18-11-9-17(10-12-18)22-27(24,25)21-8-4-6-16-5-2-3-7-20(16)21/h2-12,19,22H,13-15H2,1H3/t19-/m1/s1. The number of hydrogen-bond acceptors (Lipinski definition) is 4. The lowest BCUT2D eigenvalue weighted by atomic mass is 10.1. The second-order valence-electron chi connectivity index (χ2n) is 6.72.